The second kappa shape index (κ2) is 7.64. The maximum atomic E-state index is 12.6. The summed E-state index contributed by atoms with van der Waals surface area (Å²) in [4.78, 5) is 25.2. The van der Waals surface area contributed by atoms with Crippen LogP contribution in [0.3, 0.4) is 0 Å². The van der Waals surface area contributed by atoms with Gasteiger partial charge in [0.1, 0.15) is 0 Å². The van der Waals surface area contributed by atoms with Crippen LogP contribution in [0.25, 0.3) is 0 Å². The number of phenolic OH excluding ortho intramolecular Hbond substituents is 2. The third kappa shape index (κ3) is 3.34. The van der Waals surface area contributed by atoms with Crippen molar-refractivity contribution in [3.05, 3.63) is 35.4 Å². The van der Waals surface area contributed by atoms with Crippen LogP contribution in [0.2, 0.25) is 0 Å². The summed E-state index contributed by atoms with van der Waals surface area (Å²) >= 11 is 0. The van der Waals surface area contributed by atoms with Crippen LogP contribution >= 0.6 is 0 Å². The van der Waals surface area contributed by atoms with E-state index in [1.807, 2.05) is 0 Å². The summed E-state index contributed by atoms with van der Waals surface area (Å²) in [6, 6.07) is 4.92. The minimum atomic E-state index is -0.864. The minimum absolute atomic E-state index is 0.0126. The highest BCUT2D eigenvalue weighted by molar-refractivity contribution is 6.49. The normalized spacial score (nSPS) is 10.2. The Labute approximate surface area is 149 Å². The predicted molar refractivity (Wildman–Crippen MR) is 91.1 cm³/mol. The van der Waals surface area contributed by atoms with E-state index in [1.54, 1.807) is 0 Å². The van der Waals surface area contributed by atoms with Gasteiger partial charge in [-0.05, 0) is 24.3 Å². The Morgan fingerprint density at radius 1 is 0.615 bits per heavy atom. The van der Waals surface area contributed by atoms with E-state index in [4.69, 9.17) is 18.9 Å². The lowest BCUT2D eigenvalue weighted by Crippen LogP contribution is -2.15. The number of carbonyl (C=O) groups excluding carboxylic acids is 2. The summed E-state index contributed by atoms with van der Waals surface area (Å²) in [6.07, 6.45) is 0. The van der Waals surface area contributed by atoms with E-state index in [0.29, 0.717) is 0 Å². The average Bonchev–Trinajstić information content (AvgIpc) is 2.67. The van der Waals surface area contributed by atoms with Gasteiger partial charge in [0.2, 0.25) is 23.1 Å². The molecule has 0 saturated carbocycles. The van der Waals surface area contributed by atoms with Gasteiger partial charge in [0, 0.05) is 11.1 Å². The highest BCUT2D eigenvalue weighted by Crippen LogP contribution is 2.39. The fourth-order valence-electron chi connectivity index (χ4n) is 2.31. The lowest BCUT2D eigenvalue weighted by Gasteiger charge is -2.12. The molecule has 2 N–H and O–H groups in total. The van der Waals surface area contributed by atoms with Gasteiger partial charge in [0.15, 0.2) is 23.0 Å². The van der Waals surface area contributed by atoms with E-state index < -0.39 is 11.6 Å². The van der Waals surface area contributed by atoms with E-state index in [1.165, 1.54) is 52.7 Å². The third-order valence-corrected chi connectivity index (χ3v) is 3.69. The first-order valence-corrected chi connectivity index (χ1v) is 7.36. The fourth-order valence-corrected chi connectivity index (χ4v) is 2.31. The second-order valence-corrected chi connectivity index (χ2v) is 5.12. The molecule has 0 atom stereocenters. The summed E-state index contributed by atoms with van der Waals surface area (Å²) in [6.45, 7) is 0. The van der Waals surface area contributed by atoms with Crippen molar-refractivity contribution in [3.8, 4) is 34.5 Å². The van der Waals surface area contributed by atoms with Crippen LogP contribution < -0.4 is 18.9 Å². The first kappa shape index (κ1) is 18.9. The number of methoxy groups -OCH3 is 4. The SMILES string of the molecule is COc1cc(C(=O)C(=O)c2cc(OC)c(O)c(OC)c2)cc(OC)c1O. The first-order chi connectivity index (χ1) is 12.4. The molecule has 2 aromatic carbocycles. The number of Topliss-reactive ketones (excluding diaryl/α,β-unsaturated/α-hetero) is 2. The van der Waals surface area contributed by atoms with Crippen LogP contribution in [-0.4, -0.2) is 50.2 Å². The fraction of sp³-hybridized carbons (Fsp3) is 0.222. The molecule has 0 unspecified atom stereocenters. The molecule has 0 heterocycles. The Balaban J connectivity index is 2.49. The zero-order valence-corrected chi connectivity index (χ0v) is 14.7. The molecular weight excluding hydrogens is 344 g/mol. The molecule has 8 nitrogen and oxygen atoms in total. The first-order valence-electron chi connectivity index (χ1n) is 7.36. The van der Waals surface area contributed by atoms with Gasteiger partial charge in [-0.15, -0.1) is 0 Å². The van der Waals surface area contributed by atoms with Gasteiger partial charge < -0.3 is 29.2 Å². The maximum absolute atomic E-state index is 12.6. The van der Waals surface area contributed by atoms with Gasteiger partial charge >= 0.3 is 0 Å². The summed E-state index contributed by atoms with van der Waals surface area (Å²) in [5, 5.41) is 19.8. The standard InChI is InChI=1S/C18H18O8/c1-23-11-5-9(6-12(24-2)17(11)21)15(19)16(20)10-7-13(25-3)18(22)14(8-10)26-4/h5-8,21-22H,1-4H3. The van der Waals surface area contributed by atoms with E-state index in [2.05, 4.69) is 0 Å². The van der Waals surface area contributed by atoms with Crippen molar-refractivity contribution in [2.75, 3.05) is 28.4 Å². The molecule has 138 valence electrons. The summed E-state index contributed by atoms with van der Waals surface area (Å²) in [5.41, 5.74) is -0.0694. The van der Waals surface area contributed by atoms with Gasteiger partial charge in [-0.2, -0.15) is 0 Å². The van der Waals surface area contributed by atoms with Crippen molar-refractivity contribution in [1.82, 2.24) is 0 Å². The van der Waals surface area contributed by atoms with Crippen molar-refractivity contribution in [2.45, 2.75) is 0 Å². The summed E-state index contributed by atoms with van der Waals surface area (Å²) in [5.74, 6) is -2.35. The number of benzene rings is 2. The van der Waals surface area contributed by atoms with Crippen molar-refractivity contribution in [2.24, 2.45) is 0 Å². The quantitative estimate of drug-likeness (QED) is 0.569. The van der Waals surface area contributed by atoms with Crippen LogP contribution in [0.4, 0.5) is 0 Å². The highest BCUT2D eigenvalue weighted by Gasteiger charge is 2.24. The van der Waals surface area contributed by atoms with E-state index >= 15 is 0 Å². The van der Waals surface area contributed by atoms with Crippen molar-refractivity contribution >= 4 is 11.6 Å². The molecule has 0 radical (unpaired) electrons. The maximum Gasteiger partial charge on any atom is 0.233 e. The number of aromatic hydroxyl groups is 2. The van der Waals surface area contributed by atoms with Crippen LogP contribution in [-0.2, 0) is 0 Å². The Morgan fingerprint density at radius 2 is 0.846 bits per heavy atom. The van der Waals surface area contributed by atoms with Crippen LogP contribution in [0.1, 0.15) is 20.7 Å². The zero-order chi connectivity index (χ0) is 19.4. The molecule has 0 saturated heterocycles. The van der Waals surface area contributed by atoms with Crippen molar-refractivity contribution in [1.29, 1.82) is 0 Å². The van der Waals surface area contributed by atoms with E-state index in [9.17, 15) is 19.8 Å². The van der Waals surface area contributed by atoms with Gasteiger partial charge in [-0.1, -0.05) is 0 Å². The number of hydrogen-bond donors (Lipinski definition) is 2. The molecular formula is C18H18O8. The summed E-state index contributed by atoms with van der Waals surface area (Å²) < 4.78 is 19.9. The molecule has 2 aromatic rings. The molecule has 0 spiro atoms. The van der Waals surface area contributed by atoms with Crippen molar-refractivity contribution < 1.29 is 38.7 Å². The van der Waals surface area contributed by atoms with Crippen molar-refractivity contribution in [3.63, 3.8) is 0 Å². The van der Waals surface area contributed by atoms with Crippen LogP contribution in [0.15, 0.2) is 24.3 Å². The Hall–Kier alpha value is -3.42. The number of carbonyl (C=O) groups is 2. The third-order valence-electron chi connectivity index (χ3n) is 3.69. The van der Waals surface area contributed by atoms with E-state index in [0.717, 1.165) is 0 Å². The number of phenols is 2. The van der Waals surface area contributed by atoms with Crippen LogP contribution in [0.5, 0.6) is 34.5 Å². The lowest BCUT2D eigenvalue weighted by molar-refractivity contribution is 0.0816. The average molecular weight is 362 g/mol. The molecule has 0 aromatic heterocycles. The van der Waals surface area contributed by atoms with Gasteiger partial charge in [-0.3, -0.25) is 9.59 Å². The molecule has 0 bridgehead atoms. The molecule has 0 aliphatic rings. The number of ether oxygens (including phenoxy) is 4. The molecule has 0 aliphatic heterocycles. The minimum Gasteiger partial charge on any atom is -0.502 e. The Kier molecular flexibility index (Phi) is 5.56. The molecule has 0 fully saturated rings. The zero-order valence-electron chi connectivity index (χ0n) is 14.7. The molecule has 0 amide bonds. The van der Waals surface area contributed by atoms with Crippen LogP contribution in [0, 0.1) is 0 Å². The second-order valence-electron chi connectivity index (χ2n) is 5.12. The molecule has 2 rings (SSSR count). The van der Waals surface area contributed by atoms with E-state index in [-0.39, 0.29) is 45.6 Å². The number of hydrogen-bond acceptors (Lipinski definition) is 8. The lowest BCUT2D eigenvalue weighted by atomic mass is 10.00. The van der Waals surface area contributed by atoms with Gasteiger partial charge in [0.05, 0.1) is 28.4 Å². The van der Waals surface area contributed by atoms with Gasteiger partial charge in [-0.25, -0.2) is 0 Å². The predicted octanol–water partition coefficient (Wildman–Crippen LogP) is 2.20. The largest absolute Gasteiger partial charge is 0.502 e. The number of ketones is 2. The number of rotatable bonds is 7. The topological polar surface area (TPSA) is 112 Å². The monoisotopic (exact) mass is 362 g/mol. The van der Waals surface area contributed by atoms with Gasteiger partial charge in [0.25, 0.3) is 0 Å². The summed E-state index contributed by atoms with van der Waals surface area (Å²) in [7, 11) is 5.22. The smallest absolute Gasteiger partial charge is 0.233 e. The molecule has 0 aliphatic carbocycles. The Morgan fingerprint density at radius 3 is 1.04 bits per heavy atom. The highest BCUT2D eigenvalue weighted by atomic mass is 16.5. The molecule has 26 heavy (non-hydrogen) atoms. The Bertz CT molecular complexity index is 735. The molecule has 8 heteroatoms.